The molecular weight excluding hydrogens is 430 g/mol. The molecule has 0 aromatic heterocycles. The Hall–Kier alpha value is -3.71. The highest BCUT2D eigenvalue weighted by Gasteiger charge is 2.26. The van der Waals surface area contributed by atoms with Crippen molar-refractivity contribution >= 4 is 40.6 Å². The van der Waals surface area contributed by atoms with Crippen LogP contribution in [-0.2, 0) is 4.79 Å². The van der Waals surface area contributed by atoms with Gasteiger partial charge >= 0.3 is 6.03 Å². The molecule has 2 N–H and O–H groups in total. The number of hydrogen-bond acceptors (Lipinski definition) is 4. The summed E-state index contributed by atoms with van der Waals surface area (Å²) in [6, 6.07) is 19.3. The van der Waals surface area contributed by atoms with Crippen LogP contribution in [0.4, 0.5) is 21.9 Å². The summed E-state index contributed by atoms with van der Waals surface area (Å²) in [5.41, 5.74) is 2.82. The fourth-order valence-electron chi connectivity index (χ4n) is 3.27. The van der Waals surface area contributed by atoms with E-state index in [4.69, 9.17) is 21.1 Å². The monoisotopic (exact) mass is 451 g/mol. The molecule has 0 aliphatic carbocycles. The maximum atomic E-state index is 12.5. The standard InChI is InChI=1S/C24H22ClN3O4/c1-16-5-8-20(9-6-16)31-12-11-28-21-14-19(7-10-22(21)32-15-23(28)29)27-24(30)26-18-4-2-3-17(25)13-18/h2-10,13-14H,11-12,15H2,1H3,(H2,26,27,30). The Morgan fingerprint density at radius 3 is 2.56 bits per heavy atom. The average molecular weight is 452 g/mol. The number of anilines is 3. The van der Waals surface area contributed by atoms with E-state index < -0.39 is 6.03 Å². The van der Waals surface area contributed by atoms with Crippen LogP contribution in [0.2, 0.25) is 5.02 Å². The van der Waals surface area contributed by atoms with Gasteiger partial charge in [-0.15, -0.1) is 0 Å². The van der Waals surface area contributed by atoms with Crippen LogP contribution in [0, 0.1) is 6.92 Å². The number of benzene rings is 3. The molecule has 7 nitrogen and oxygen atoms in total. The van der Waals surface area contributed by atoms with Crippen LogP contribution in [0.1, 0.15) is 5.56 Å². The van der Waals surface area contributed by atoms with Gasteiger partial charge in [-0.3, -0.25) is 4.79 Å². The lowest BCUT2D eigenvalue weighted by Gasteiger charge is -2.29. The fourth-order valence-corrected chi connectivity index (χ4v) is 3.46. The molecule has 164 valence electrons. The summed E-state index contributed by atoms with van der Waals surface area (Å²) in [5, 5.41) is 6.01. The SMILES string of the molecule is Cc1ccc(OCCN2C(=O)COc3ccc(NC(=O)Nc4cccc(Cl)c4)cc32)cc1. The molecule has 4 rings (SSSR count). The second-order valence-corrected chi connectivity index (χ2v) is 7.70. The summed E-state index contributed by atoms with van der Waals surface area (Å²) in [4.78, 5) is 26.5. The van der Waals surface area contributed by atoms with Crippen LogP contribution in [0.5, 0.6) is 11.5 Å². The number of nitrogens with zero attached hydrogens (tertiary/aromatic N) is 1. The third-order valence-electron chi connectivity index (χ3n) is 4.85. The number of urea groups is 1. The van der Waals surface area contributed by atoms with Gasteiger partial charge in [0.25, 0.3) is 5.91 Å². The summed E-state index contributed by atoms with van der Waals surface area (Å²) >= 11 is 5.95. The van der Waals surface area contributed by atoms with Crippen molar-refractivity contribution in [2.75, 3.05) is 35.3 Å². The van der Waals surface area contributed by atoms with Crippen LogP contribution < -0.4 is 25.0 Å². The molecule has 3 amide bonds. The predicted molar refractivity (Wildman–Crippen MR) is 125 cm³/mol. The molecule has 8 heteroatoms. The predicted octanol–water partition coefficient (Wildman–Crippen LogP) is 5.10. The van der Waals surface area contributed by atoms with Crippen LogP contribution in [-0.4, -0.2) is 31.7 Å². The quantitative estimate of drug-likeness (QED) is 0.546. The van der Waals surface area contributed by atoms with Gasteiger partial charge in [-0.1, -0.05) is 35.4 Å². The molecule has 1 heterocycles. The minimum absolute atomic E-state index is 0.0421. The summed E-state index contributed by atoms with van der Waals surface area (Å²) in [5.74, 6) is 1.14. The van der Waals surface area contributed by atoms with Gasteiger partial charge in [-0.05, 0) is 55.5 Å². The maximum Gasteiger partial charge on any atom is 0.323 e. The molecule has 0 unspecified atom stereocenters. The Bertz CT molecular complexity index is 1130. The van der Waals surface area contributed by atoms with E-state index in [2.05, 4.69) is 10.6 Å². The highest BCUT2D eigenvalue weighted by Crippen LogP contribution is 2.34. The third-order valence-corrected chi connectivity index (χ3v) is 5.08. The number of fused-ring (bicyclic) bond motifs is 1. The van der Waals surface area contributed by atoms with Gasteiger partial charge in [0.05, 0.1) is 12.2 Å². The van der Waals surface area contributed by atoms with E-state index in [0.29, 0.717) is 41.0 Å². The maximum absolute atomic E-state index is 12.5. The Morgan fingerprint density at radius 1 is 1.06 bits per heavy atom. The van der Waals surface area contributed by atoms with Crippen molar-refractivity contribution in [2.24, 2.45) is 0 Å². The first kappa shape index (κ1) is 21.5. The van der Waals surface area contributed by atoms with Crippen molar-refractivity contribution in [3.05, 3.63) is 77.3 Å². The minimum atomic E-state index is -0.426. The molecule has 3 aromatic carbocycles. The lowest BCUT2D eigenvalue weighted by Crippen LogP contribution is -2.41. The molecule has 1 aliphatic heterocycles. The second-order valence-electron chi connectivity index (χ2n) is 7.27. The first-order valence-electron chi connectivity index (χ1n) is 10.1. The summed E-state index contributed by atoms with van der Waals surface area (Å²) in [6.07, 6.45) is 0. The number of halogens is 1. The number of nitrogens with one attached hydrogen (secondary N) is 2. The topological polar surface area (TPSA) is 79.9 Å². The van der Waals surface area contributed by atoms with Crippen LogP contribution >= 0.6 is 11.6 Å². The second kappa shape index (κ2) is 9.62. The first-order valence-corrected chi connectivity index (χ1v) is 10.5. The molecule has 0 radical (unpaired) electrons. The lowest BCUT2D eigenvalue weighted by molar-refractivity contribution is -0.121. The average Bonchev–Trinajstić information content (AvgIpc) is 2.76. The van der Waals surface area contributed by atoms with Crippen LogP contribution in [0.15, 0.2) is 66.7 Å². The summed E-state index contributed by atoms with van der Waals surface area (Å²) in [6.45, 7) is 2.63. The number of rotatable bonds is 6. The van der Waals surface area contributed by atoms with Crippen LogP contribution in [0.3, 0.4) is 0 Å². The van der Waals surface area contributed by atoms with E-state index in [9.17, 15) is 9.59 Å². The van der Waals surface area contributed by atoms with Gasteiger partial charge in [0, 0.05) is 16.4 Å². The molecule has 0 fully saturated rings. The number of carbonyl (C=O) groups is 2. The third kappa shape index (κ3) is 5.31. The molecule has 3 aromatic rings. The van der Waals surface area contributed by atoms with E-state index in [1.807, 2.05) is 31.2 Å². The number of aryl methyl sites for hydroxylation is 1. The molecule has 0 saturated heterocycles. The zero-order chi connectivity index (χ0) is 22.5. The van der Waals surface area contributed by atoms with Gasteiger partial charge in [0.1, 0.15) is 18.1 Å². The first-order chi connectivity index (χ1) is 15.5. The Kier molecular flexibility index (Phi) is 6.47. The van der Waals surface area contributed by atoms with Crippen molar-refractivity contribution in [2.45, 2.75) is 6.92 Å². The zero-order valence-corrected chi connectivity index (χ0v) is 18.2. The summed E-state index contributed by atoms with van der Waals surface area (Å²) in [7, 11) is 0. The normalized spacial score (nSPS) is 12.6. The Labute approximate surface area is 190 Å². The number of hydrogen-bond donors (Lipinski definition) is 2. The number of carbonyl (C=O) groups excluding carboxylic acids is 2. The fraction of sp³-hybridized carbons (Fsp3) is 0.167. The van der Waals surface area contributed by atoms with Gasteiger partial charge in [0.2, 0.25) is 0 Å². The van der Waals surface area contributed by atoms with Gasteiger partial charge in [-0.2, -0.15) is 0 Å². The molecule has 0 spiro atoms. The van der Waals surface area contributed by atoms with Crippen LogP contribution in [0.25, 0.3) is 0 Å². The van der Waals surface area contributed by atoms with E-state index in [0.717, 1.165) is 11.3 Å². The molecule has 1 aliphatic rings. The van der Waals surface area contributed by atoms with Gasteiger partial charge in [0.15, 0.2) is 6.61 Å². The highest BCUT2D eigenvalue weighted by atomic mass is 35.5. The lowest BCUT2D eigenvalue weighted by atomic mass is 10.2. The van der Waals surface area contributed by atoms with Crippen molar-refractivity contribution in [3.8, 4) is 11.5 Å². The van der Waals surface area contributed by atoms with E-state index in [1.165, 1.54) is 0 Å². The van der Waals surface area contributed by atoms with E-state index >= 15 is 0 Å². The van der Waals surface area contributed by atoms with Crippen molar-refractivity contribution in [3.63, 3.8) is 0 Å². The number of amides is 3. The highest BCUT2D eigenvalue weighted by molar-refractivity contribution is 6.30. The van der Waals surface area contributed by atoms with E-state index in [1.54, 1.807) is 47.4 Å². The van der Waals surface area contributed by atoms with Gasteiger partial charge < -0.3 is 25.0 Å². The molecule has 32 heavy (non-hydrogen) atoms. The Balaban J connectivity index is 1.42. The molecule has 0 bridgehead atoms. The van der Waals surface area contributed by atoms with Crippen molar-refractivity contribution in [1.82, 2.24) is 0 Å². The van der Waals surface area contributed by atoms with Crippen molar-refractivity contribution < 1.29 is 19.1 Å². The minimum Gasteiger partial charge on any atom is -0.492 e. The Morgan fingerprint density at radius 2 is 1.81 bits per heavy atom. The molecule has 0 atom stereocenters. The molecule has 0 saturated carbocycles. The smallest absolute Gasteiger partial charge is 0.323 e. The van der Waals surface area contributed by atoms with Crippen molar-refractivity contribution in [1.29, 1.82) is 0 Å². The van der Waals surface area contributed by atoms with E-state index in [-0.39, 0.29) is 12.5 Å². The zero-order valence-electron chi connectivity index (χ0n) is 17.4. The summed E-state index contributed by atoms with van der Waals surface area (Å²) < 4.78 is 11.3. The van der Waals surface area contributed by atoms with Gasteiger partial charge in [-0.25, -0.2) is 4.79 Å². The largest absolute Gasteiger partial charge is 0.492 e. The molecular formula is C24H22ClN3O4. The number of ether oxygens (including phenoxy) is 2.